The summed E-state index contributed by atoms with van der Waals surface area (Å²) in [6, 6.07) is 7.50. The number of nitrogens with zero attached hydrogens (tertiary/aromatic N) is 2. The van der Waals surface area contributed by atoms with Gasteiger partial charge in [-0.05, 0) is 37.6 Å². The van der Waals surface area contributed by atoms with E-state index < -0.39 is 0 Å². The van der Waals surface area contributed by atoms with E-state index in [1.807, 2.05) is 12.1 Å². The van der Waals surface area contributed by atoms with Crippen molar-refractivity contribution in [2.45, 2.75) is 31.3 Å². The van der Waals surface area contributed by atoms with Crippen molar-refractivity contribution in [2.75, 3.05) is 21.3 Å². The molecule has 3 heterocycles. The summed E-state index contributed by atoms with van der Waals surface area (Å²) >= 11 is 0. The molecule has 2 aliphatic rings. The molecule has 4 nitrogen and oxygen atoms in total. The van der Waals surface area contributed by atoms with E-state index in [-0.39, 0.29) is 0 Å². The second kappa shape index (κ2) is 4.60. The molecule has 2 atom stereocenters. The number of likely N-dealkylation sites (N-methyl/N-ethyl adjacent to an activating group) is 1. The lowest BCUT2D eigenvalue weighted by molar-refractivity contribution is 0.222. The maximum Gasteiger partial charge on any atom is 0.162 e. The number of benzene rings is 1. The fourth-order valence-electron chi connectivity index (χ4n) is 3.87. The normalized spacial score (nSPS) is 24.1. The Kier molecular flexibility index (Phi) is 2.82. The molecule has 0 amide bonds. The quantitative estimate of drug-likeness (QED) is 0.849. The van der Waals surface area contributed by atoms with Gasteiger partial charge in [-0.2, -0.15) is 0 Å². The maximum absolute atomic E-state index is 5.41. The molecule has 0 radical (unpaired) electrons. The van der Waals surface area contributed by atoms with E-state index in [4.69, 9.17) is 14.5 Å². The first-order valence-electron chi connectivity index (χ1n) is 7.48. The number of hydrogen-bond acceptors (Lipinski definition) is 4. The second-order valence-electron chi connectivity index (χ2n) is 6.04. The minimum absolute atomic E-state index is 0.531. The largest absolute Gasteiger partial charge is 0.493 e. The molecule has 1 saturated heterocycles. The Morgan fingerprint density at radius 2 is 1.86 bits per heavy atom. The van der Waals surface area contributed by atoms with Gasteiger partial charge in [0.2, 0.25) is 0 Å². The molecule has 2 aromatic rings. The van der Waals surface area contributed by atoms with Gasteiger partial charge in [0.25, 0.3) is 0 Å². The number of aromatic nitrogens is 1. The summed E-state index contributed by atoms with van der Waals surface area (Å²) in [4.78, 5) is 7.42. The molecule has 2 aliphatic heterocycles. The van der Waals surface area contributed by atoms with Crippen molar-refractivity contribution >= 4 is 10.9 Å². The van der Waals surface area contributed by atoms with Crippen molar-refractivity contribution in [1.29, 1.82) is 0 Å². The highest BCUT2D eigenvalue weighted by atomic mass is 16.5. The number of rotatable bonds is 2. The Balaban J connectivity index is 1.91. The minimum Gasteiger partial charge on any atom is -0.493 e. The molecule has 1 unspecified atom stereocenters. The first-order chi connectivity index (χ1) is 10.2. The fourth-order valence-corrected chi connectivity index (χ4v) is 3.87. The van der Waals surface area contributed by atoms with Crippen molar-refractivity contribution in [2.24, 2.45) is 0 Å². The van der Waals surface area contributed by atoms with Gasteiger partial charge in [-0.3, -0.25) is 9.88 Å². The van der Waals surface area contributed by atoms with Gasteiger partial charge in [0, 0.05) is 35.7 Å². The smallest absolute Gasteiger partial charge is 0.162 e. The highest BCUT2D eigenvalue weighted by Crippen LogP contribution is 2.43. The van der Waals surface area contributed by atoms with Crippen molar-refractivity contribution in [3.05, 3.63) is 29.5 Å². The summed E-state index contributed by atoms with van der Waals surface area (Å²) in [7, 11) is 5.58. The Morgan fingerprint density at radius 1 is 1.10 bits per heavy atom. The molecule has 1 aromatic heterocycles. The molecule has 21 heavy (non-hydrogen) atoms. The molecular formula is C17H20N2O2. The topological polar surface area (TPSA) is 34.6 Å². The molecular weight excluding hydrogens is 264 g/mol. The van der Waals surface area contributed by atoms with Crippen LogP contribution in [0.5, 0.6) is 11.5 Å². The van der Waals surface area contributed by atoms with Crippen LogP contribution in [-0.2, 0) is 6.42 Å². The molecule has 0 N–H and O–H groups in total. The molecule has 0 spiro atoms. The van der Waals surface area contributed by atoms with Gasteiger partial charge in [-0.15, -0.1) is 0 Å². The lowest BCUT2D eigenvalue weighted by Gasteiger charge is -2.32. The van der Waals surface area contributed by atoms with Crippen molar-refractivity contribution in [3.63, 3.8) is 0 Å². The zero-order valence-corrected chi connectivity index (χ0v) is 12.7. The van der Waals surface area contributed by atoms with Crippen molar-refractivity contribution in [3.8, 4) is 11.5 Å². The van der Waals surface area contributed by atoms with Gasteiger partial charge in [0.05, 0.1) is 19.7 Å². The van der Waals surface area contributed by atoms with Crippen LogP contribution < -0.4 is 9.47 Å². The summed E-state index contributed by atoms with van der Waals surface area (Å²) < 4.78 is 10.8. The molecule has 0 aliphatic carbocycles. The summed E-state index contributed by atoms with van der Waals surface area (Å²) in [5.74, 6) is 1.51. The van der Waals surface area contributed by atoms with Crippen molar-refractivity contribution < 1.29 is 9.47 Å². The third kappa shape index (κ3) is 1.82. The first-order valence-corrected chi connectivity index (χ1v) is 7.48. The molecule has 0 saturated carbocycles. The zero-order valence-electron chi connectivity index (χ0n) is 12.7. The SMILES string of the molecule is COc1cc2cc3c(nc2cc1OC)CC1CC[C@@H]3N1C. The monoisotopic (exact) mass is 284 g/mol. The molecule has 1 fully saturated rings. The fraction of sp³-hybridized carbons (Fsp3) is 0.471. The van der Waals surface area contributed by atoms with E-state index >= 15 is 0 Å². The highest BCUT2D eigenvalue weighted by Gasteiger charge is 2.38. The van der Waals surface area contributed by atoms with E-state index in [9.17, 15) is 0 Å². The second-order valence-corrected chi connectivity index (χ2v) is 6.04. The summed E-state index contributed by atoms with van der Waals surface area (Å²) in [6.45, 7) is 0. The average Bonchev–Trinajstić information content (AvgIpc) is 2.75. The van der Waals surface area contributed by atoms with Crippen LogP contribution in [0.2, 0.25) is 0 Å². The van der Waals surface area contributed by atoms with Gasteiger partial charge in [-0.25, -0.2) is 0 Å². The Morgan fingerprint density at radius 3 is 2.62 bits per heavy atom. The van der Waals surface area contributed by atoms with E-state index in [1.54, 1.807) is 14.2 Å². The Hall–Kier alpha value is -1.81. The third-order valence-corrected chi connectivity index (χ3v) is 5.06. The number of hydrogen-bond donors (Lipinski definition) is 0. The standard InChI is InChI=1S/C17H20N2O2/c1-19-11-4-5-15(19)12-6-10-7-16(20-2)17(21-3)9-13(10)18-14(12)8-11/h6-7,9,11,15H,4-5,8H2,1-3H3/t11?,15-/m0/s1. The van der Waals surface area contributed by atoms with Crippen LogP contribution in [0.25, 0.3) is 10.9 Å². The van der Waals surface area contributed by atoms with Gasteiger partial charge in [0.15, 0.2) is 11.5 Å². The highest BCUT2D eigenvalue weighted by molar-refractivity contribution is 5.84. The molecule has 2 bridgehead atoms. The van der Waals surface area contributed by atoms with Crippen molar-refractivity contribution in [1.82, 2.24) is 9.88 Å². The summed E-state index contributed by atoms with van der Waals surface area (Å²) in [5.41, 5.74) is 3.65. The summed E-state index contributed by atoms with van der Waals surface area (Å²) in [5, 5.41) is 1.13. The van der Waals surface area contributed by atoms with Crippen LogP contribution in [0, 0.1) is 0 Å². The number of pyridine rings is 1. The van der Waals surface area contributed by atoms with Gasteiger partial charge < -0.3 is 9.47 Å². The predicted molar refractivity (Wildman–Crippen MR) is 82.1 cm³/mol. The van der Waals surface area contributed by atoms with E-state index in [0.29, 0.717) is 12.1 Å². The molecule has 4 heteroatoms. The van der Waals surface area contributed by atoms with Crippen LogP contribution in [0.15, 0.2) is 18.2 Å². The van der Waals surface area contributed by atoms with E-state index in [0.717, 1.165) is 28.8 Å². The molecule has 110 valence electrons. The van der Waals surface area contributed by atoms with Crippen LogP contribution in [-0.4, -0.2) is 37.2 Å². The predicted octanol–water partition coefficient (Wildman–Crippen LogP) is 2.94. The van der Waals surface area contributed by atoms with Crippen LogP contribution >= 0.6 is 0 Å². The van der Waals surface area contributed by atoms with Crippen LogP contribution in [0.3, 0.4) is 0 Å². The zero-order chi connectivity index (χ0) is 14.6. The van der Waals surface area contributed by atoms with Gasteiger partial charge >= 0.3 is 0 Å². The number of methoxy groups -OCH3 is 2. The molecule has 1 aromatic carbocycles. The number of ether oxygens (including phenoxy) is 2. The first kappa shape index (κ1) is 12.9. The Labute approximate surface area is 124 Å². The van der Waals surface area contributed by atoms with Gasteiger partial charge in [0.1, 0.15) is 0 Å². The van der Waals surface area contributed by atoms with Crippen LogP contribution in [0.4, 0.5) is 0 Å². The summed E-state index contributed by atoms with van der Waals surface area (Å²) in [6.07, 6.45) is 3.59. The van der Waals surface area contributed by atoms with Crippen LogP contribution in [0.1, 0.15) is 30.1 Å². The molecule has 4 rings (SSSR count). The van der Waals surface area contributed by atoms with E-state index in [1.165, 1.54) is 24.1 Å². The lowest BCUT2D eigenvalue weighted by Crippen LogP contribution is -2.34. The lowest BCUT2D eigenvalue weighted by atomic mass is 9.96. The number of fused-ring (bicyclic) bond motifs is 5. The Bertz CT molecular complexity index is 713. The van der Waals surface area contributed by atoms with Gasteiger partial charge in [-0.1, -0.05) is 0 Å². The minimum atomic E-state index is 0.531. The third-order valence-electron chi connectivity index (χ3n) is 5.06. The maximum atomic E-state index is 5.41. The average molecular weight is 284 g/mol. The van der Waals surface area contributed by atoms with E-state index in [2.05, 4.69) is 18.0 Å².